The van der Waals surface area contributed by atoms with Crippen molar-refractivity contribution in [3.8, 4) is 0 Å². The van der Waals surface area contributed by atoms with Gasteiger partial charge in [0.2, 0.25) is 0 Å². The Labute approximate surface area is 103 Å². The van der Waals surface area contributed by atoms with Crippen LogP contribution < -0.4 is 4.90 Å². The predicted molar refractivity (Wildman–Crippen MR) is 73.1 cm³/mol. The fourth-order valence-electron chi connectivity index (χ4n) is 2.86. The fraction of sp³-hybridized carbons (Fsp3) is 0.250. The minimum Gasteiger partial charge on any atom is -0.344 e. The van der Waals surface area contributed by atoms with Crippen molar-refractivity contribution in [1.82, 2.24) is 0 Å². The lowest BCUT2D eigenvalue weighted by molar-refractivity contribution is 0.629. The maximum atomic E-state index is 2.30. The summed E-state index contributed by atoms with van der Waals surface area (Å²) >= 11 is 0. The standard InChI is InChI=1S/C16H17N/c1-16(2)12-8-4-6-10-14(12)17(3)15-11-7-5-9-13(15)16/h4-11H,1-3H3. The molecule has 0 saturated carbocycles. The minimum atomic E-state index is 0.0830. The van der Waals surface area contributed by atoms with E-state index in [0.29, 0.717) is 0 Å². The molecule has 0 bridgehead atoms. The van der Waals surface area contributed by atoms with Crippen LogP contribution in [0.15, 0.2) is 48.5 Å². The second-order valence-corrected chi connectivity index (χ2v) is 5.22. The number of anilines is 2. The first-order valence-electron chi connectivity index (χ1n) is 6.05. The van der Waals surface area contributed by atoms with E-state index in [-0.39, 0.29) is 5.41 Å². The lowest BCUT2D eigenvalue weighted by atomic mass is 9.74. The van der Waals surface area contributed by atoms with Crippen molar-refractivity contribution in [1.29, 1.82) is 0 Å². The molecule has 0 aromatic heterocycles. The SMILES string of the molecule is CN1c2ccccc2C(C)(C)c2ccccc21. The van der Waals surface area contributed by atoms with Crippen LogP contribution in [0.2, 0.25) is 0 Å². The van der Waals surface area contributed by atoms with E-state index in [1.165, 1.54) is 22.5 Å². The molecule has 0 spiro atoms. The van der Waals surface area contributed by atoms with Crippen LogP contribution in [0.25, 0.3) is 0 Å². The molecule has 0 atom stereocenters. The molecule has 86 valence electrons. The van der Waals surface area contributed by atoms with Gasteiger partial charge in [-0.25, -0.2) is 0 Å². The highest BCUT2D eigenvalue weighted by atomic mass is 15.1. The molecule has 0 aliphatic carbocycles. The number of benzene rings is 2. The van der Waals surface area contributed by atoms with E-state index in [1.807, 2.05) is 0 Å². The highest BCUT2D eigenvalue weighted by molar-refractivity contribution is 5.77. The van der Waals surface area contributed by atoms with Gasteiger partial charge in [0.15, 0.2) is 0 Å². The van der Waals surface area contributed by atoms with Gasteiger partial charge >= 0.3 is 0 Å². The molecule has 1 nitrogen and oxygen atoms in total. The summed E-state index contributed by atoms with van der Waals surface area (Å²) in [5.74, 6) is 0. The Morgan fingerprint density at radius 3 is 1.65 bits per heavy atom. The van der Waals surface area contributed by atoms with Crippen LogP contribution in [0.3, 0.4) is 0 Å². The van der Waals surface area contributed by atoms with Crippen LogP contribution >= 0.6 is 0 Å². The molecule has 0 unspecified atom stereocenters. The van der Waals surface area contributed by atoms with Crippen LogP contribution in [0.4, 0.5) is 11.4 Å². The first-order valence-corrected chi connectivity index (χ1v) is 6.05. The maximum Gasteiger partial charge on any atom is 0.0449 e. The van der Waals surface area contributed by atoms with Gasteiger partial charge in [0.05, 0.1) is 0 Å². The zero-order valence-corrected chi connectivity index (χ0v) is 10.6. The monoisotopic (exact) mass is 223 g/mol. The summed E-state index contributed by atoms with van der Waals surface area (Å²) in [7, 11) is 2.15. The Kier molecular flexibility index (Phi) is 2.06. The number of para-hydroxylation sites is 2. The Morgan fingerprint density at radius 1 is 0.765 bits per heavy atom. The normalized spacial score (nSPS) is 16.3. The van der Waals surface area contributed by atoms with E-state index in [2.05, 4.69) is 74.3 Å². The van der Waals surface area contributed by atoms with Crippen molar-refractivity contribution in [2.24, 2.45) is 0 Å². The van der Waals surface area contributed by atoms with Crippen LogP contribution in [0.5, 0.6) is 0 Å². The molecule has 1 aliphatic heterocycles. The fourth-order valence-corrected chi connectivity index (χ4v) is 2.86. The van der Waals surface area contributed by atoms with Crippen molar-refractivity contribution in [3.05, 3.63) is 59.7 Å². The maximum absolute atomic E-state index is 2.30. The molecule has 3 rings (SSSR count). The van der Waals surface area contributed by atoms with Crippen LogP contribution in [-0.4, -0.2) is 7.05 Å². The first kappa shape index (κ1) is 10.4. The van der Waals surface area contributed by atoms with Gasteiger partial charge in [0, 0.05) is 23.8 Å². The largest absolute Gasteiger partial charge is 0.344 e. The number of hydrogen-bond acceptors (Lipinski definition) is 1. The third-order valence-electron chi connectivity index (χ3n) is 3.88. The molecule has 0 N–H and O–H groups in total. The molecule has 0 saturated heterocycles. The van der Waals surface area contributed by atoms with E-state index in [4.69, 9.17) is 0 Å². The average molecular weight is 223 g/mol. The van der Waals surface area contributed by atoms with Gasteiger partial charge in [-0.15, -0.1) is 0 Å². The molecule has 2 aromatic carbocycles. The van der Waals surface area contributed by atoms with E-state index >= 15 is 0 Å². The highest BCUT2D eigenvalue weighted by Crippen LogP contribution is 2.47. The molecule has 1 heteroatoms. The number of hydrogen-bond donors (Lipinski definition) is 0. The van der Waals surface area contributed by atoms with E-state index in [1.54, 1.807) is 0 Å². The second kappa shape index (κ2) is 3.36. The van der Waals surface area contributed by atoms with Gasteiger partial charge in [-0.1, -0.05) is 50.2 Å². The summed E-state index contributed by atoms with van der Waals surface area (Å²) < 4.78 is 0. The molecule has 1 aliphatic rings. The number of rotatable bonds is 0. The highest BCUT2D eigenvalue weighted by Gasteiger charge is 2.34. The quantitative estimate of drug-likeness (QED) is 0.650. The number of fused-ring (bicyclic) bond motifs is 2. The summed E-state index contributed by atoms with van der Waals surface area (Å²) in [5.41, 5.74) is 5.52. The summed E-state index contributed by atoms with van der Waals surface area (Å²) in [6, 6.07) is 17.4. The number of nitrogens with zero attached hydrogens (tertiary/aromatic N) is 1. The van der Waals surface area contributed by atoms with E-state index < -0.39 is 0 Å². The molecule has 2 aromatic rings. The average Bonchev–Trinajstić information content (AvgIpc) is 2.37. The smallest absolute Gasteiger partial charge is 0.0449 e. The Hall–Kier alpha value is -1.76. The van der Waals surface area contributed by atoms with Crippen molar-refractivity contribution in [2.45, 2.75) is 19.3 Å². The summed E-state index contributed by atoms with van der Waals surface area (Å²) in [6.45, 7) is 4.61. The van der Waals surface area contributed by atoms with Gasteiger partial charge in [0.25, 0.3) is 0 Å². The summed E-state index contributed by atoms with van der Waals surface area (Å²) in [5, 5.41) is 0. The Balaban J connectivity index is 2.34. The van der Waals surface area contributed by atoms with Crippen molar-refractivity contribution in [2.75, 3.05) is 11.9 Å². The Morgan fingerprint density at radius 2 is 1.18 bits per heavy atom. The molecular formula is C16H17N. The molecule has 1 heterocycles. The second-order valence-electron chi connectivity index (χ2n) is 5.22. The van der Waals surface area contributed by atoms with Crippen LogP contribution in [-0.2, 0) is 5.41 Å². The molecular weight excluding hydrogens is 206 g/mol. The Bertz CT molecular complexity index is 520. The summed E-state index contributed by atoms with van der Waals surface area (Å²) in [6.07, 6.45) is 0. The molecule has 17 heavy (non-hydrogen) atoms. The minimum absolute atomic E-state index is 0.0830. The predicted octanol–water partition coefficient (Wildman–Crippen LogP) is 4.09. The first-order chi connectivity index (χ1) is 8.12. The van der Waals surface area contributed by atoms with Gasteiger partial charge in [-0.2, -0.15) is 0 Å². The van der Waals surface area contributed by atoms with Gasteiger partial charge in [0.1, 0.15) is 0 Å². The zero-order chi connectivity index (χ0) is 12.0. The van der Waals surface area contributed by atoms with Crippen LogP contribution in [0, 0.1) is 0 Å². The van der Waals surface area contributed by atoms with Gasteiger partial charge < -0.3 is 4.90 Å². The van der Waals surface area contributed by atoms with Gasteiger partial charge in [-0.05, 0) is 23.3 Å². The lowest BCUT2D eigenvalue weighted by Gasteiger charge is -2.40. The van der Waals surface area contributed by atoms with Crippen LogP contribution in [0.1, 0.15) is 25.0 Å². The molecule has 0 radical (unpaired) electrons. The molecule has 0 amide bonds. The van der Waals surface area contributed by atoms with E-state index in [0.717, 1.165) is 0 Å². The third-order valence-corrected chi connectivity index (χ3v) is 3.88. The lowest BCUT2D eigenvalue weighted by Crippen LogP contribution is -2.30. The summed E-state index contributed by atoms with van der Waals surface area (Å²) in [4.78, 5) is 2.29. The van der Waals surface area contributed by atoms with E-state index in [9.17, 15) is 0 Å². The molecule has 0 fully saturated rings. The van der Waals surface area contributed by atoms with Gasteiger partial charge in [-0.3, -0.25) is 0 Å². The third kappa shape index (κ3) is 1.32. The zero-order valence-electron chi connectivity index (χ0n) is 10.6. The van der Waals surface area contributed by atoms with Crippen molar-refractivity contribution >= 4 is 11.4 Å². The van der Waals surface area contributed by atoms with Crippen molar-refractivity contribution in [3.63, 3.8) is 0 Å². The van der Waals surface area contributed by atoms with Crippen molar-refractivity contribution < 1.29 is 0 Å². The topological polar surface area (TPSA) is 3.24 Å².